The number of carbonyl (C=O) groups excluding carboxylic acids is 1. The molecule has 1 aliphatic heterocycles. The molecule has 0 radical (unpaired) electrons. The molecule has 29 heavy (non-hydrogen) atoms. The number of benzene rings is 1. The summed E-state index contributed by atoms with van der Waals surface area (Å²) in [4.78, 5) is 14.6. The summed E-state index contributed by atoms with van der Waals surface area (Å²) in [5.74, 6) is -0.446. The summed E-state index contributed by atoms with van der Waals surface area (Å²) in [7, 11) is 0. The van der Waals surface area contributed by atoms with Crippen molar-refractivity contribution in [3.63, 3.8) is 0 Å². The van der Waals surface area contributed by atoms with Crippen molar-refractivity contribution in [2.75, 3.05) is 18.0 Å². The summed E-state index contributed by atoms with van der Waals surface area (Å²) < 4.78 is 41.2. The molecule has 1 heterocycles. The van der Waals surface area contributed by atoms with Gasteiger partial charge in [0, 0.05) is 36.4 Å². The zero-order valence-corrected chi connectivity index (χ0v) is 17.8. The van der Waals surface area contributed by atoms with Gasteiger partial charge in [0.15, 0.2) is 0 Å². The van der Waals surface area contributed by atoms with E-state index in [1.165, 1.54) is 18.2 Å². The molecule has 1 saturated carbocycles. The lowest BCUT2D eigenvalue weighted by Gasteiger charge is -2.37. The highest BCUT2D eigenvalue weighted by atomic mass is 35.5. The van der Waals surface area contributed by atoms with Crippen molar-refractivity contribution < 1.29 is 22.7 Å². The topological polar surface area (TPSA) is 67.6 Å². The maximum Gasteiger partial charge on any atom is 0.573 e. The molecule has 2 aliphatic rings. The number of halogens is 5. The Kier molecular flexibility index (Phi) is 8.92. The Bertz CT molecular complexity index is 689. The molecule has 3 atom stereocenters. The number of hydrogen-bond donors (Lipinski definition) is 2. The average molecular weight is 458 g/mol. The number of nitrogens with two attached hydrogens (primary N) is 1. The molecule has 166 valence electrons. The third kappa shape index (κ3) is 6.83. The van der Waals surface area contributed by atoms with Gasteiger partial charge in [-0.15, -0.1) is 38.0 Å². The van der Waals surface area contributed by atoms with Crippen molar-refractivity contribution in [3.8, 4) is 5.75 Å². The molecule has 3 unspecified atom stereocenters. The van der Waals surface area contributed by atoms with Gasteiger partial charge in [0.2, 0.25) is 5.91 Å². The van der Waals surface area contributed by atoms with E-state index < -0.39 is 11.9 Å². The zero-order chi connectivity index (χ0) is 19.7. The van der Waals surface area contributed by atoms with Crippen molar-refractivity contribution in [2.45, 2.75) is 57.0 Å². The summed E-state index contributed by atoms with van der Waals surface area (Å²) in [6, 6.07) is 5.88. The Hall–Kier alpha value is -1.38. The maximum absolute atomic E-state index is 12.7. The Morgan fingerprint density at radius 2 is 2.00 bits per heavy atom. The van der Waals surface area contributed by atoms with Gasteiger partial charge in [0.1, 0.15) is 5.75 Å². The highest BCUT2D eigenvalue weighted by Crippen LogP contribution is 2.32. The third-order valence-corrected chi connectivity index (χ3v) is 5.52. The van der Waals surface area contributed by atoms with Gasteiger partial charge in [-0.05, 0) is 38.3 Å². The number of amides is 1. The van der Waals surface area contributed by atoms with Crippen molar-refractivity contribution in [1.82, 2.24) is 5.32 Å². The van der Waals surface area contributed by atoms with Gasteiger partial charge in [-0.25, -0.2) is 0 Å². The van der Waals surface area contributed by atoms with Crippen LogP contribution in [0.1, 0.15) is 39.0 Å². The first-order chi connectivity index (χ1) is 12.6. The second kappa shape index (κ2) is 10.1. The lowest BCUT2D eigenvalue weighted by molar-refractivity contribution is -0.274. The minimum absolute atomic E-state index is 0. The van der Waals surface area contributed by atoms with Crippen LogP contribution in [0, 0.1) is 5.92 Å². The van der Waals surface area contributed by atoms with E-state index in [0.29, 0.717) is 18.8 Å². The van der Waals surface area contributed by atoms with E-state index in [1.807, 2.05) is 11.8 Å². The summed E-state index contributed by atoms with van der Waals surface area (Å²) in [5.41, 5.74) is 6.47. The minimum atomic E-state index is -4.71. The molecule has 0 aromatic heterocycles. The van der Waals surface area contributed by atoms with Crippen LogP contribution in [-0.2, 0) is 4.79 Å². The second-order valence-corrected chi connectivity index (χ2v) is 7.79. The molecule has 1 aromatic rings. The number of anilines is 1. The maximum atomic E-state index is 12.7. The van der Waals surface area contributed by atoms with Crippen LogP contribution in [0.4, 0.5) is 18.9 Å². The van der Waals surface area contributed by atoms with Crippen molar-refractivity contribution in [2.24, 2.45) is 11.7 Å². The Labute approximate surface area is 181 Å². The van der Waals surface area contributed by atoms with Crippen LogP contribution in [0.25, 0.3) is 0 Å². The smallest absolute Gasteiger partial charge is 0.406 e. The van der Waals surface area contributed by atoms with Crippen LogP contribution in [0.3, 0.4) is 0 Å². The largest absolute Gasteiger partial charge is 0.573 e. The first-order valence-electron chi connectivity index (χ1n) is 9.34. The molecule has 10 heteroatoms. The standard InChI is InChI=1S/C19H26F3N3O2.2ClH/c1-18(23)9-3-2-7-16(18)17(26)24-13-8-10-25(12-13)14-5-4-6-15(11-14)27-19(20,21)22;;/h4-6,11,13,16H,2-3,7-10,12,23H2,1H3,(H,24,26);2*1H. The van der Waals surface area contributed by atoms with Crippen LogP contribution in [0.15, 0.2) is 24.3 Å². The molecule has 1 amide bonds. The zero-order valence-electron chi connectivity index (χ0n) is 16.2. The fourth-order valence-corrected chi connectivity index (χ4v) is 4.08. The molecule has 1 saturated heterocycles. The van der Waals surface area contributed by atoms with Crippen LogP contribution in [0.2, 0.25) is 0 Å². The predicted octanol–water partition coefficient (Wildman–Crippen LogP) is 4.03. The Balaban J connectivity index is 0.00000210. The normalized spacial score (nSPS) is 26.9. The first kappa shape index (κ1) is 25.7. The van der Waals surface area contributed by atoms with Crippen LogP contribution >= 0.6 is 24.8 Å². The van der Waals surface area contributed by atoms with Gasteiger partial charge in [0.05, 0.1) is 5.92 Å². The van der Waals surface area contributed by atoms with E-state index in [4.69, 9.17) is 5.73 Å². The van der Waals surface area contributed by atoms with E-state index in [1.54, 1.807) is 6.07 Å². The molecule has 1 aliphatic carbocycles. The van der Waals surface area contributed by atoms with Gasteiger partial charge < -0.3 is 20.7 Å². The molecule has 1 aromatic carbocycles. The van der Waals surface area contributed by atoms with E-state index in [-0.39, 0.29) is 48.4 Å². The number of alkyl halides is 3. The van der Waals surface area contributed by atoms with Crippen molar-refractivity contribution >= 4 is 36.4 Å². The molecular formula is C19H28Cl2F3N3O2. The van der Waals surface area contributed by atoms with Gasteiger partial charge in [-0.1, -0.05) is 18.9 Å². The lowest BCUT2D eigenvalue weighted by Crippen LogP contribution is -2.54. The predicted molar refractivity (Wildman–Crippen MR) is 111 cm³/mol. The van der Waals surface area contributed by atoms with Gasteiger partial charge >= 0.3 is 6.36 Å². The van der Waals surface area contributed by atoms with E-state index in [2.05, 4.69) is 10.1 Å². The summed E-state index contributed by atoms with van der Waals surface area (Å²) in [6.45, 7) is 3.14. The highest BCUT2D eigenvalue weighted by molar-refractivity contribution is 5.85. The number of nitrogens with one attached hydrogen (secondary N) is 1. The molecule has 3 N–H and O–H groups in total. The van der Waals surface area contributed by atoms with Gasteiger partial charge in [0.25, 0.3) is 0 Å². The highest BCUT2D eigenvalue weighted by Gasteiger charge is 2.39. The third-order valence-electron chi connectivity index (χ3n) is 5.52. The number of hydrogen-bond acceptors (Lipinski definition) is 4. The Morgan fingerprint density at radius 1 is 1.28 bits per heavy atom. The summed E-state index contributed by atoms with van der Waals surface area (Å²) in [6.07, 6.45) is -0.281. The molecule has 5 nitrogen and oxygen atoms in total. The van der Waals surface area contributed by atoms with E-state index >= 15 is 0 Å². The van der Waals surface area contributed by atoms with Gasteiger partial charge in [-0.3, -0.25) is 4.79 Å². The van der Waals surface area contributed by atoms with Crippen LogP contribution < -0.4 is 20.7 Å². The quantitative estimate of drug-likeness (QED) is 0.715. The fraction of sp³-hybridized carbons (Fsp3) is 0.632. The lowest BCUT2D eigenvalue weighted by atomic mass is 9.74. The SMILES string of the molecule is CC1(N)CCCCC1C(=O)NC1CCN(c2cccc(OC(F)(F)F)c2)C1.Cl.Cl. The molecule has 0 bridgehead atoms. The second-order valence-electron chi connectivity index (χ2n) is 7.79. The first-order valence-corrected chi connectivity index (χ1v) is 9.34. The van der Waals surface area contributed by atoms with Crippen molar-refractivity contribution in [1.29, 1.82) is 0 Å². The molecule has 2 fully saturated rings. The average Bonchev–Trinajstić information content (AvgIpc) is 3.01. The van der Waals surface area contributed by atoms with Crippen molar-refractivity contribution in [3.05, 3.63) is 24.3 Å². The summed E-state index contributed by atoms with van der Waals surface area (Å²) >= 11 is 0. The van der Waals surface area contributed by atoms with Crippen LogP contribution in [0.5, 0.6) is 5.75 Å². The molecular weight excluding hydrogens is 430 g/mol. The summed E-state index contributed by atoms with van der Waals surface area (Å²) in [5, 5.41) is 3.08. The fourth-order valence-electron chi connectivity index (χ4n) is 4.08. The Morgan fingerprint density at radius 3 is 2.66 bits per heavy atom. The minimum Gasteiger partial charge on any atom is -0.406 e. The van der Waals surface area contributed by atoms with E-state index in [0.717, 1.165) is 32.1 Å². The number of ether oxygens (including phenoxy) is 1. The number of rotatable bonds is 4. The van der Waals surface area contributed by atoms with Gasteiger partial charge in [-0.2, -0.15) is 0 Å². The monoisotopic (exact) mass is 457 g/mol. The molecule has 0 spiro atoms. The molecule has 3 rings (SSSR count). The van der Waals surface area contributed by atoms with Crippen LogP contribution in [-0.4, -0.2) is 36.9 Å². The number of nitrogens with zero attached hydrogens (tertiary/aromatic N) is 1. The number of carbonyl (C=O) groups is 1. The van der Waals surface area contributed by atoms with E-state index in [9.17, 15) is 18.0 Å².